The van der Waals surface area contributed by atoms with Crippen molar-refractivity contribution >= 4 is 0 Å². The summed E-state index contributed by atoms with van der Waals surface area (Å²) in [7, 11) is 0. The summed E-state index contributed by atoms with van der Waals surface area (Å²) in [5.41, 5.74) is 0. The molecule has 0 bridgehead atoms. The molecule has 1 rings (SSSR count). The summed E-state index contributed by atoms with van der Waals surface area (Å²) in [6, 6.07) is 0.845. The maximum absolute atomic E-state index is 2.52. The average molecular weight is 167 g/mol. The second-order valence-electron chi connectivity index (χ2n) is 3.62. The number of allylic oxidation sites excluding steroid dienone is 1. The summed E-state index contributed by atoms with van der Waals surface area (Å²) >= 11 is 0. The summed E-state index contributed by atoms with van der Waals surface area (Å²) in [5, 5.41) is 0. The highest BCUT2D eigenvalue weighted by atomic mass is 15.2. The van der Waals surface area contributed by atoms with Gasteiger partial charge in [-0.1, -0.05) is 26.3 Å². The lowest BCUT2D eigenvalue weighted by Gasteiger charge is -2.21. The van der Waals surface area contributed by atoms with Crippen LogP contribution in [0.5, 0.6) is 0 Å². The number of likely N-dealkylation sites (tertiary alicyclic amines) is 1. The highest BCUT2D eigenvalue weighted by Gasteiger charge is 2.19. The third-order valence-corrected chi connectivity index (χ3v) is 2.58. The predicted octanol–water partition coefficient (Wildman–Crippen LogP) is 3.17. The molecule has 1 aliphatic rings. The molecule has 0 spiro atoms. The van der Waals surface area contributed by atoms with Gasteiger partial charge in [-0.05, 0) is 31.9 Å². The SMILES string of the molecule is CCC=CN1CCCC1CCC. The largest absolute Gasteiger partial charge is 0.375 e. The van der Waals surface area contributed by atoms with Crippen LogP contribution in [0.25, 0.3) is 0 Å². The van der Waals surface area contributed by atoms with Gasteiger partial charge in [0.1, 0.15) is 0 Å². The van der Waals surface area contributed by atoms with Gasteiger partial charge < -0.3 is 4.90 Å². The third kappa shape index (κ3) is 2.54. The Hall–Kier alpha value is -0.460. The van der Waals surface area contributed by atoms with Gasteiger partial charge in [-0.2, -0.15) is 0 Å². The zero-order valence-electron chi connectivity index (χ0n) is 8.42. The van der Waals surface area contributed by atoms with Crippen molar-refractivity contribution in [1.29, 1.82) is 0 Å². The van der Waals surface area contributed by atoms with Crippen LogP contribution < -0.4 is 0 Å². The van der Waals surface area contributed by atoms with Crippen molar-refractivity contribution in [3.8, 4) is 0 Å². The molecule has 1 heterocycles. The molecule has 0 aromatic heterocycles. The minimum absolute atomic E-state index is 0.845. The second-order valence-corrected chi connectivity index (χ2v) is 3.62. The number of nitrogens with zero attached hydrogens (tertiary/aromatic N) is 1. The standard InChI is InChI=1S/C11H21N/c1-3-5-9-12-10-6-8-11(12)7-4-2/h5,9,11H,3-4,6-8,10H2,1-2H3. The van der Waals surface area contributed by atoms with Crippen molar-refractivity contribution < 1.29 is 0 Å². The van der Waals surface area contributed by atoms with Gasteiger partial charge in [0.25, 0.3) is 0 Å². The monoisotopic (exact) mass is 167 g/mol. The smallest absolute Gasteiger partial charge is 0.0284 e. The van der Waals surface area contributed by atoms with Crippen LogP contribution in [0.4, 0.5) is 0 Å². The summed E-state index contributed by atoms with van der Waals surface area (Å²) in [6.45, 7) is 5.75. The van der Waals surface area contributed by atoms with E-state index in [1.165, 1.54) is 32.2 Å². The highest BCUT2D eigenvalue weighted by Crippen LogP contribution is 2.21. The molecule has 1 unspecified atom stereocenters. The first-order chi connectivity index (χ1) is 5.88. The van der Waals surface area contributed by atoms with Gasteiger partial charge in [0.15, 0.2) is 0 Å². The molecule has 0 aromatic rings. The van der Waals surface area contributed by atoms with Crippen molar-refractivity contribution in [2.75, 3.05) is 6.54 Å². The normalized spacial score (nSPS) is 24.2. The van der Waals surface area contributed by atoms with Crippen molar-refractivity contribution in [3.63, 3.8) is 0 Å². The van der Waals surface area contributed by atoms with Gasteiger partial charge in [-0.15, -0.1) is 0 Å². The second kappa shape index (κ2) is 5.23. The van der Waals surface area contributed by atoms with E-state index in [1.807, 2.05) is 0 Å². The molecule has 70 valence electrons. The zero-order chi connectivity index (χ0) is 8.81. The van der Waals surface area contributed by atoms with E-state index in [-0.39, 0.29) is 0 Å². The molecule has 0 saturated carbocycles. The fourth-order valence-electron chi connectivity index (χ4n) is 1.94. The van der Waals surface area contributed by atoms with Crippen molar-refractivity contribution in [1.82, 2.24) is 4.90 Å². The average Bonchev–Trinajstić information content (AvgIpc) is 2.50. The first kappa shape index (κ1) is 9.63. The molecule has 1 nitrogen and oxygen atoms in total. The van der Waals surface area contributed by atoms with E-state index < -0.39 is 0 Å². The highest BCUT2D eigenvalue weighted by molar-refractivity contribution is 4.89. The topological polar surface area (TPSA) is 3.24 Å². The first-order valence-electron chi connectivity index (χ1n) is 5.30. The molecule has 0 aromatic carbocycles. The van der Waals surface area contributed by atoms with E-state index in [9.17, 15) is 0 Å². The lowest BCUT2D eigenvalue weighted by molar-refractivity contribution is 0.329. The van der Waals surface area contributed by atoms with Crippen LogP contribution in [0, 0.1) is 0 Å². The summed E-state index contributed by atoms with van der Waals surface area (Å²) in [4.78, 5) is 2.52. The van der Waals surface area contributed by atoms with E-state index in [0.29, 0.717) is 0 Å². The van der Waals surface area contributed by atoms with Crippen LogP contribution in [-0.2, 0) is 0 Å². The first-order valence-corrected chi connectivity index (χ1v) is 5.30. The summed E-state index contributed by atoms with van der Waals surface area (Å²) < 4.78 is 0. The predicted molar refractivity (Wildman–Crippen MR) is 54.1 cm³/mol. The van der Waals surface area contributed by atoms with Gasteiger partial charge in [0.2, 0.25) is 0 Å². The van der Waals surface area contributed by atoms with Crippen molar-refractivity contribution in [2.24, 2.45) is 0 Å². The number of rotatable bonds is 4. The summed E-state index contributed by atoms with van der Waals surface area (Å²) in [6.07, 6.45) is 11.2. The van der Waals surface area contributed by atoms with Gasteiger partial charge in [0, 0.05) is 12.6 Å². The van der Waals surface area contributed by atoms with E-state index in [4.69, 9.17) is 0 Å². The van der Waals surface area contributed by atoms with E-state index in [1.54, 1.807) is 0 Å². The van der Waals surface area contributed by atoms with Gasteiger partial charge >= 0.3 is 0 Å². The van der Waals surface area contributed by atoms with Crippen LogP contribution >= 0.6 is 0 Å². The maximum atomic E-state index is 2.52. The fraction of sp³-hybridized carbons (Fsp3) is 0.818. The maximum Gasteiger partial charge on any atom is 0.0284 e. The molecule has 1 heteroatoms. The molecule has 1 atom stereocenters. The minimum atomic E-state index is 0.845. The van der Waals surface area contributed by atoms with E-state index >= 15 is 0 Å². The number of hydrogen-bond acceptors (Lipinski definition) is 1. The Morgan fingerprint density at radius 2 is 2.25 bits per heavy atom. The fourth-order valence-corrected chi connectivity index (χ4v) is 1.94. The molecule has 1 saturated heterocycles. The Morgan fingerprint density at radius 1 is 1.42 bits per heavy atom. The quantitative estimate of drug-likeness (QED) is 0.621. The van der Waals surface area contributed by atoms with Crippen LogP contribution in [0.2, 0.25) is 0 Å². The number of hydrogen-bond donors (Lipinski definition) is 0. The van der Waals surface area contributed by atoms with Crippen LogP contribution in [0.15, 0.2) is 12.3 Å². The Bertz CT molecular complexity index is 140. The Morgan fingerprint density at radius 3 is 2.92 bits per heavy atom. The molecule has 1 aliphatic heterocycles. The van der Waals surface area contributed by atoms with Crippen LogP contribution in [0.3, 0.4) is 0 Å². The zero-order valence-corrected chi connectivity index (χ0v) is 8.42. The third-order valence-electron chi connectivity index (χ3n) is 2.58. The molecule has 0 radical (unpaired) electrons. The van der Waals surface area contributed by atoms with E-state index in [0.717, 1.165) is 12.5 Å². The van der Waals surface area contributed by atoms with Gasteiger partial charge in [-0.25, -0.2) is 0 Å². The lowest BCUT2D eigenvalue weighted by Crippen LogP contribution is -2.23. The Balaban J connectivity index is 2.35. The Kier molecular flexibility index (Phi) is 4.20. The molecular weight excluding hydrogens is 146 g/mol. The molecule has 0 N–H and O–H groups in total. The van der Waals surface area contributed by atoms with Gasteiger partial charge in [0.05, 0.1) is 0 Å². The van der Waals surface area contributed by atoms with E-state index in [2.05, 4.69) is 31.0 Å². The van der Waals surface area contributed by atoms with Gasteiger partial charge in [-0.3, -0.25) is 0 Å². The van der Waals surface area contributed by atoms with Crippen LogP contribution in [0.1, 0.15) is 46.0 Å². The minimum Gasteiger partial charge on any atom is -0.375 e. The summed E-state index contributed by atoms with van der Waals surface area (Å²) in [5.74, 6) is 0. The lowest BCUT2D eigenvalue weighted by atomic mass is 10.1. The molecule has 1 fully saturated rings. The van der Waals surface area contributed by atoms with Crippen molar-refractivity contribution in [3.05, 3.63) is 12.3 Å². The van der Waals surface area contributed by atoms with Crippen LogP contribution in [-0.4, -0.2) is 17.5 Å². The molecular formula is C11H21N. The molecule has 0 aliphatic carbocycles. The Labute approximate surface area is 76.5 Å². The molecule has 0 amide bonds. The molecule has 12 heavy (non-hydrogen) atoms. The van der Waals surface area contributed by atoms with Crippen molar-refractivity contribution in [2.45, 2.75) is 52.0 Å².